The van der Waals surface area contributed by atoms with Crippen LogP contribution in [0.4, 0.5) is 5.13 Å². The van der Waals surface area contributed by atoms with E-state index in [1.54, 1.807) is 18.3 Å². The summed E-state index contributed by atoms with van der Waals surface area (Å²) < 4.78 is 5.23. The van der Waals surface area contributed by atoms with Gasteiger partial charge in [0.05, 0.1) is 12.0 Å². The number of carbonyl (C=O) groups is 2. The maximum atomic E-state index is 12.0. The van der Waals surface area contributed by atoms with Crippen LogP contribution < -0.4 is 5.32 Å². The summed E-state index contributed by atoms with van der Waals surface area (Å²) in [7, 11) is 0. The molecule has 20 heavy (non-hydrogen) atoms. The van der Waals surface area contributed by atoms with E-state index in [1.165, 1.54) is 11.3 Å². The highest BCUT2D eigenvalue weighted by Crippen LogP contribution is 2.33. The van der Waals surface area contributed by atoms with Crippen molar-refractivity contribution in [1.82, 2.24) is 4.98 Å². The largest absolute Gasteiger partial charge is 0.453 e. The zero-order valence-electron chi connectivity index (χ0n) is 10.8. The van der Waals surface area contributed by atoms with Gasteiger partial charge in [-0.2, -0.15) is 0 Å². The molecule has 1 aromatic carbocycles. The molecular weight excluding hydrogens is 276 g/mol. The molecular formula is C14H12N2O3S. The second-order valence-corrected chi connectivity index (χ2v) is 5.74. The van der Waals surface area contributed by atoms with Gasteiger partial charge in [0.25, 0.3) is 0 Å². The average molecular weight is 288 g/mol. The van der Waals surface area contributed by atoms with Crippen LogP contribution in [0, 0.1) is 6.92 Å². The van der Waals surface area contributed by atoms with E-state index in [9.17, 15) is 9.59 Å². The number of carbonyl (C=O) groups excluding carboxylic acids is 2. The van der Waals surface area contributed by atoms with E-state index < -0.39 is 6.10 Å². The molecule has 0 fully saturated rings. The van der Waals surface area contributed by atoms with E-state index in [2.05, 4.69) is 10.3 Å². The van der Waals surface area contributed by atoms with E-state index in [0.29, 0.717) is 10.7 Å². The highest BCUT2D eigenvalue weighted by atomic mass is 32.1. The third kappa shape index (κ3) is 2.42. The molecule has 2 heterocycles. The van der Waals surface area contributed by atoms with Crippen molar-refractivity contribution in [2.75, 3.05) is 5.32 Å². The van der Waals surface area contributed by atoms with Gasteiger partial charge in [-0.1, -0.05) is 18.2 Å². The lowest BCUT2D eigenvalue weighted by molar-refractivity contribution is -0.118. The number of amides is 1. The number of thiazole rings is 1. The Kier molecular flexibility index (Phi) is 3.23. The Bertz CT molecular complexity index is 681. The molecule has 2 aromatic rings. The molecule has 0 saturated carbocycles. The standard InChI is InChI=1S/C14H12N2O3S/c1-8-7-15-14(20-8)16-12(17)6-11-9-4-2-3-5-10(9)13(18)19-11/h2-5,7,11H,6H2,1H3,(H,15,16,17)/t11-/m0/s1. The predicted molar refractivity (Wildman–Crippen MR) is 74.7 cm³/mol. The molecule has 0 spiro atoms. The first-order valence-electron chi connectivity index (χ1n) is 6.15. The maximum Gasteiger partial charge on any atom is 0.339 e. The van der Waals surface area contributed by atoms with Gasteiger partial charge in [0.1, 0.15) is 6.10 Å². The molecule has 0 radical (unpaired) electrons. The number of esters is 1. The average Bonchev–Trinajstić information content (AvgIpc) is 2.95. The molecule has 1 aliphatic heterocycles. The Morgan fingerprint density at radius 3 is 3.00 bits per heavy atom. The Labute approximate surface area is 119 Å². The number of nitrogens with one attached hydrogen (secondary N) is 1. The maximum absolute atomic E-state index is 12.0. The van der Waals surface area contributed by atoms with E-state index in [-0.39, 0.29) is 18.3 Å². The van der Waals surface area contributed by atoms with Gasteiger partial charge >= 0.3 is 5.97 Å². The number of hydrogen-bond acceptors (Lipinski definition) is 5. The SMILES string of the molecule is Cc1cnc(NC(=O)C[C@@H]2OC(=O)c3ccccc32)s1. The van der Waals surface area contributed by atoms with Gasteiger partial charge in [-0.15, -0.1) is 11.3 Å². The minimum absolute atomic E-state index is 0.0986. The summed E-state index contributed by atoms with van der Waals surface area (Å²) in [4.78, 5) is 28.7. The van der Waals surface area contributed by atoms with Crippen molar-refractivity contribution in [2.45, 2.75) is 19.4 Å². The fourth-order valence-corrected chi connectivity index (χ4v) is 2.80. The van der Waals surface area contributed by atoms with Crippen molar-refractivity contribution in [2.24, 2.45) is 0 Å². The van der Waals surface area contributed by atoms with Crippen molar-refractivity contribution in [3.63, 3.8) is 0 Å². The predicted octanol–water partition coefficient (Wildman–Crippen LogP) is 2.69. The topological polar surface area (TPSA) is 68.3 Å². The quantitative estimate of drug-likeness (QED) is 0.882. The Hall–Kier alpha value is -2.21. The summed E-state index contributed by atoms with van der Waals surface area (Å²) in [6, 6.07) is 7.13. The van der Waals surface area contributed by atoms with Gasteiger partial charge in [0, 0.05) is 16.6 Å². The zero-order chi connectivity index (χ0) is 14.1. The third-order valence-electron chi connectivity index (χ3n) is 3.02. The molecule has 5 nitrogen and oxygen atoms in total. The normalized spacial score (nSPS) is 16.6. The number of anilines is 1. The van der Waals surface area contributed by atoms with Gasteiger partial charge in [0.15, 0.2) is 5.13 Å². The van der Waals surface area contributed by atoms with E-state index in [0.717, 1.165) is 10.4 Å². The number of fused-ring (bicyclic) bond motifs is 1. The van der Waals surface area contributed by atoms with Crippen LogP contribution in [0.3, 0.4) is 0 Å². The van der Waals surface area contributed by atoms with Crippen LogP contribution in [0.5, 0.6) is 0 Å². The zero-order valence-corrected chi connectivity index (χ0v) is 11.6. The molecule has 1 aromatic heterocycles. The second kappa shape index (κ2) is 5.05. The smallest absolute Gasteiger partial charge is 0.339 e. The van der Waals surface area contributed by atoms with Crippen molar-refractivity contribution in [3.05, 3.63) is 46.5 Å². The fraction of sp³-hybridized carbons (Fsp3) is 0.214. The molecule has 0 bridgehead atoms. The minimum atomic E-state index is -0.514. The summed E-state index contributed by atoms with van der Waals surface area (Å²) in [5.74, 6) is -0.586. The molecule has 6 heteroatoms. The molecule has 1 amide bonds. The van der Waals surface area contributed by atoms with Gasteiger partial charge < -0.3 is 10.1 Å². The number of benzene rings is 1. The Balaban J connectivity index is 1.70. The number of hydrogen-bond donors (Lipinski definition) is 1. The summed E-state index contributed by atoms with van der Waals surface area (Å²) >= 11 is 1.41. The van der Waals surface area contributed by atoms with Crippen molar-refractivity contribution in [1.29, 1.82) is 0 Å². The van der Waals surface area contributed by atoms with Crippen molar-refractivity contribution in [3.8, 4) is 0 Å². The summed E-state index contributed by atoms with van der Waals surface area (Å²) in [6.45, 7) is 1.92. The second-order valence-electron chi connectivity index (χ2n) is 4.51. The van der Waals surface area contributed by atoms with Crippen LogP contribution in [-0.4, -0.2) is 16.9 Å². The summed E-state index contributed by atoms with van der Waals surface area (Å²) in [5.41, 5.74) is 1.30. The number of nitrogens with zero attached hydrogens (tertiary/aromatic N) is 1. The van der Waals surface area contributed by atoms with Gasteiger partial charge in [-0.05, 0) is 13.0 Å². The highest BCUT2D eigenvalue weighted by molar-refractivity contribution is 7.15. The van der Waals surface area contributed by atoms with Crippen LogP contribution in [-0.2, 0) is 9.53 Å². The molecule has 1 atom stereocenters. The van der Waals surface area contributed by atoms with Gasteiger partial charge in [0.2, 0.25) is 5.91 Å². The molecule has 0 aliphatic carbocycles. The lowest BCUT2D eigenvalue weighted by Gasteiger charge is -2.09. The first-order valence-corrected chi connectivity index (χ1v) is 6.97. The minimum Gasteiger partial charge on any atom is -0.453 e. The van der Waals surface area contributed by atoms with Crippen LogP contribution >= 0.6 is 11.3 Å². The molecule has 102 valence electrons. The fourth-order valence-electron chi connectivity index (χ4n) is 2.12. The van der Waals surface area contributed by atoms with Crippen LogP contribution in [0.2, 0.25) is 0 Å². The molecule has 1 aliphatic rings. The highest BCUT2D eigenvalue weighted by Gasteiger charge is 2.32. The number of ether oxygens (including phenoxy) is 1. The lowest BCUT2D eigenvalue weighted by atomic mass is 10.0. The van der Waals surface area contributed by atoms with Crippen molar-refractivity contribution >= 4 is 28.3 Å². The van der Waals surface area contributed by atoms with Gasteiger partial charge in [-0.3, -0.25) is 4.79 Å². The van der Waals surface area contributed by atoms with Crippen LogP contribution in [0.25, 0.3) is 0 Å². The first kappa shape index (κ1) is 12.8. The van der Waals surface area contributed by atoms with Crippen molar-refractivity contribution < 1.29 is 14.3 Å². The van der Waals surface area contributed by atoms with E-state index >= 15 is 0 Å². The Morgan fingerprint density at radius 1 is 1.45 bits per heavy atom. The first-order chi connectivity index (χ1) is 9.63. The lowest BCUT2D eigenvalue weighted by Crippen LogP contribution is -2.15. The van der Waals surface area contributed by atoms with Gasteiger partial charge in [-0.25, -0.2) is 9.78 Å². The van der Waals surface area contributed by atoms with Crippen LogP contribution in [0.15, 0.2) is 30.5 Å². The number of aryl methyl sites for hydroxylation is 1. The van der Waals surface area contributed by atoms with E-state index in [1.807, 2.05) is 19.1 Å². The Morgan fingerprint density at radius 2 is 2.25 bits per heavy atom. The number of aromatic nitrogens is 1. The summed E-state index contributed by atoms with van der Waals surface area (Å²) in [5, 5.41) is 3.27. The van der Waals surface area contributed by atoms with E-state index in [4.69, 9.17) is 4.74 Å². The molecule has 0 saturated heterocycles. The monoisotopic (exact) mass is 288 g/mol. The number of rotatable bonds is 3. The number of cyclic esters (lactones) is 1. The molecule has 0 unspecified atom stereocenters. The molecule has 3 rings (SSSR count). The summed E-state index contributed by atoms with van der Waals surface area (Å²) in [6.07, 6.45) is 1.28. The third-order valence-corrected chi connectivity index (χ3v) is 3.84. The molecule has 1 N–H and O–H groups in total. The van der Waals surface area contributed by atoms with Crippen LogP contribution in [0.1, 0.15) is 33.3 Å².